The first-order valence-electron chi connectivity index (χ1n) is 8.93. The minimum atomic E-state index is 0.0900. The lowest BCUT2D eigenvalue weighted by molar-refractivity contribution is -0.919. The Morgan fingerprint density at radius 3 is 2.85 bits per heavy atom. The van der Waals surface area contributed by atoms with Crippen LogP contribution in [0.1, 0.15) is 32.5 Å². The number of nitrogens with one attached hydrogen (secondary N) is 2. The minimum Gasteiger partial charge on any atom is -0.321 e. The lowest BCUT2D eigenvalue weighted by Crippen LogP contribution is -3.14. The molecule has 0 saturated heterocycles. The molecule has 2 aromatic heterocycles. The Morgan fingerprint density at radius 1 is 1.19 bits per heavy atom. The fraction of sp³-hybridized carbons (Fsp3) is 0.286. The molecule has 0 saturated carbocycles. The minimum absolute atomic E-state index is 0.0900. The molecule has 0 bridgehead atoms. The molecule has 3 heterocycles. The van der Waals surface area contributed by atoms with Gasteiger partial charge >= 0.3 is 0 Å². The zero-order chi connectivity index (χ0) is 18.1. The van der Waals surface area contributed by atoms with E-state index in [2.05, 4.69) is 47.3 Å². The van der Waals surface area contributed by atoms with Gasteiger partial charge in [-0.3, -0.25) is 4.79 Å². The van der Waals surface area contributed by atoms with Crippen molar-refractivity contribution >= 4 is 34.3 Å². The maximum absolute atomic E-state index is 12.8. The molecule has 1 aliphatic rings. The van der Waals surface area contributed by atoms with E-state index in [1.54, 1.807) is 11.3 Å². The smallest absolute Gasteiger partial charge is 0.279 e. The molecular weight excluding hydrogens is 360 g/mol. The highest BCUT2D eigenvalue weighted by Gasteiger charge is 2.35. The van der Waals surface area contributed by atoms with Gasteiger partial charge in [0.1, 0.15) is 6.04 Å². The number of amides is 1. The summed E-state index contributed by atoms with van der Waals surface area (Å²) in [4.78, 5) is 16.9. The molecular formula is C21H23N2OS2+. The Morgan fingerprint density at radius 2 is 2.08 bits per heavy atom. The van der Waals surface area contributed by atoms with E-state index >= 15 is 0 Å². The van der Waals surface area contributed by atoms with E-state index in [1.165, 1.54) is 25.8 Å². The number of rotatable bonds is 4. The first-order valence-corrected chi connectivity index (χ1v) is 10.7. The average Bonchev–Trinajstić information content (AvgIpc) is 3.28. The number of carbonyl (C=O) groups excluding carboxylic acids is 1. The van der Waals surface area contributed by atoms with Crippen LogP contribution in [-0.2, 0) is 11.2 Å². The van der Waals surface area contributed by atoms with Crippen LogP contribution in [0.3, 0.4) is 0 Å². The second-order valence-electron chi connectivity index (χ2n) is 6.95. The van der Waals surface area contributed by atoms with Gasteiger partial charge in [0.2, 0.25) is 0 Å². The third kappa shape index (κ3) is 3.47. The maximum Gasteiger partial charge on any atom is 0.279 e. The highest BCUT2D eigenvalue weighted by molar-refractivity contribution is 7.10. The Hall–Kier alpha value is -1.95. The average molecular weight is 384 g/mol. The molecule has 1 aliphatic heterocycles. The van der Waals surface area contributed by atoms with Gasteiger partial charge in [-0.05, 0) is 48.4 Å². The van der Waals surface area contributed by atoms with E-state index in [9.17, 15) is 4.79 Å². The van der Waals surface area contributed by atoms with Crippen molar-refractivity contribution in [3.63, 3.8) is 0 Å². The summed E-state index contributed by atoms with van der Waals surface area (Å²) in [6, 6.07) is 13.0. The van der Waals surface area contributed by atoms with Crippen LogP contribution in [0.4, 0.5) is 5.69 Å². The standard InChI is InChI=1S/C21H22N2OS2/c1-14-5-6-17(15(2)12-14)22-20(24)13-23-9-7-18-16(8-11-26-18)21(23)19-4-3-10-25-19/h3-6,8,10-12,21H,7,9,13H2,1-2H3,(H,22,24)/p+1/t21-/m1/s1. The number of fused-ring (bicyclic) bond motifs is 1. The molecule has 1 amide bonds. The zero-order valence-corrected chi connectivity index (χ0v) is 16.7. The second kappa shape index (κ2) is 7.35. The van der Waals surface area contributed by atoms with Gasteiger partial charge in [0.05, 0.1) is 11.4 Å². The van der Waals surface area contributed by atoms with E-state index in [-0.39, 0.29) is 11.9 Å². The monoisotopic (exact) mass is 383 g/mol. The SMILES string of the molecule is Cc1ccc(NC(=O)C[NH+]2CCc3sccc3[C@@H]2c2cccs2)c(C)c1. The summed E-state index contributed by atoms with van der Waals surface area (Å²) in [5.41, 5.74) is 4.64. The molecule has 0 radical (unpaired) electrons. The molecule has 0 aliphatic carbocycles. The van der Waals surface area contributed by atoms with E-state index in [4.69, 9.17) is 0 Å². The van der Waals surface area contributed by atoms with Crippen molar-refractivity contribution in [1.29, 1.82) is 0 Å². The van der Waals surface area contributed by atoms with Crippen molar-refractivity contribution in [2.75, 3.05) is 18.4 Å². The Labute approximate surface area is 162 Å². The zero-order valence-electron chi connectivity index (χ0n) is 15.0. The lowest BCUT2D eigenvalue weighted by atomic mass is 9.98. The van der Waals surface area contributed by atoms with E-state index < -0.39 is 0 Å². The number of quaternary nitrogens is 1. The molecule has 134 valence electrons. The van der Waals surface area contributed by atoms with Crippen molar-refractivity contribution in [3.8, 4) is 0 Å². The van der Waals surface area contributed by atoms with Gasteiger partial charge < -0.3 is 10.2 Å². The molecule has 0 fully saturated rings. The third-order valence-corrected chi connectivity index (χ3v) is 6.98. The normalized spacial score (nSPS) is 19.2. The van der Waals surface area contributed by atoms with Crippen molar-refractivity contribution in [2.45, 2.75) is 26.3 Å². The molecule has 1 aromatic carbocycles. The van der Waals surface area contributed by atoms with E-state index in [1.807, 2.05) is 30.4 Å². The van der Waals surface area contributed by atoms with Gasteiger partial charge in [0.15, 0.2) is 6.54 Å². The van der Waals surface area contributed by atoms with Crippen LogP contribution >= 0.6 is 22.7 Å². The molecule has 3 aromatic rings. The predicted molar refractivity (Wildman–Crippen MR) is 109 cm³/mol. The number of hydrogen-bond acceptors (Lipinski definition) is 3. The highest BCUT2D eigenvalue weighted by Crippen LogP contribution is 2.31. The topological polar surface area (TPSA) is 33.5 Å². The Balaban J connectivity index is 1.54. The largest absolute Gasteiger partial charge is 0.321 e. The van der Waals surface area contributed by atoms with Gasteiger partial charge in [-0.2, -0.15) is 0 Å². The summed E-state index contributed by atoms with van der Waals surface area (Å²) in [5, 5.41) is 7.43. The van der Waals surface area contributed by atoms with Crippen molar-refractivity contribution < 1.29 is 9.69 Å². The van der Waals surface area contributed by atoms with Crippen LogP contribution in [-0.4, -0.2) is 19.0 Å². The first kappa shape index (κ1) is 17.5. The summed E-state index contributed by atoms with van der Waals surface area (Å²) in [7, 11) is 0. The number of hydrogen-bond donors (Lipinski definition) is 2. The molecule has 4 rings (SSSR count). The number of thiophene rings is 2. The molecule has 26 heavy (non-hydrogen) atoms. The second-order valence-corrected chi connectivity index (χ2v) is 8.93. The Kier molecular flexibility index (Phi) is 4.94. The summed E-state index contributed by atoms with van der Waals surface area (Å²) in [6.07, 6.45) is 1.06. The summed E-state index contributed by atoms with van der Waals surface area (Å²) >= 11 is 3.63. The number of aryl methyl sites for hydroxylation is 2. The van der Waals surface area contributed by atoms with Crippen molar-refractivity contribution in [1.82, 2.24) is 0 Å². The number of anilines is 1. The van der Waals surface area contributed by atoms with Gasteiger partial charge in [0, 0.05) is 22.5 Å². The van der Waals surface area contributed by atoms with Crippen LogP contribution in [0.25, 0.3) is 0 Å². The van der Waals surface area contributed by atoms with Crippen LogP contribution in [0, 0.1) is 13.8 Å². The van der Waals surface area contributed by atoms with Crippen LogP contribution < -0.4 is 10.2 Å². The van der Waals surface area contributed by atoms with Gasteiger partial charge in [-0.1, -0.05) is 23.8 Å². The fourth-order valence-corrected chi connectivity index (χ4v) is 5.63. The first-order chi connectivity index (χ1) is 12.6. The van der Waals surface area contributed by atoms with Crippen molar-refractivity contribution in [3.05, 3.63) is 73.6 Å². The molecule has 3 nitrogen and oxygen atoms in total. The van der Waals surface area contributed by atoms with E-state index in [0.717, 1.165) is 24.2 Å². The van der Waals surface area contributed by atoms with Crippen LogP contribution in [0.15, 0.2) is 47.2 Å². The lowest BCUT2D eigenvalue weighted by Gasteiger charge is -2.31. The molecule has 5 heteroatoms. The quantitative estimate of drug-likeness (QED) is 0.709. The number of benzene rings is 1. The molecule has 0 spiro atoms. The van der Waals surface area contributed by atoms with E-state index in [0.29, 0.717) is 6.54 Å². The molecule has 1 unspecified atom stereocenters. The van der Waals surface area contributed by atoms with Gasteiger partial charge in [-0.15, -0.1) is 22.7 Å². The third-order valence-electron chi connectivity index (χ3n) is 5.04. The van der Waals surface area contributed by atoms with Gasteiger partial charge in [-0.25, -0.2) is 0 Å². The van der Waals surface area contributed by atoms with Crippen molar-refractivity contribution in [2.24, 2.45) is 0 Å². The predicted octanol–water partition coefficient (Wildman–Crippen LogP) is 3.60. The summed E-state index contributed by atoms with van der Waals surface area (Å²) < 4.78 is 0. The van der Waals surface area contributed by atoms with Crippen LogP contribution in [0.2, 0.25) is 0 Å². The summed E-state index contributed by atoms with van der Waals surface area (Å²) in [6.45, 7) is 5.60. The molecule has 2 N–H and O–H groups in total. The fourth-order valence-electron chi connectivity index (χ4n) is 3.80. The van der Waals surface area contributed by atoms with Gasteiger partial charge in [0.25, 0.3) is 5.91 Å². The summed E-state index contributed by atoms with van der Waals surface area (Å²) in [5.74, 6) is 0.0900. The Bertz CT molecular complexity index is 914. The molecule has 2 atom stereocenters. The maximum atomic E-state index is 12.8. The van der Waals surface area contributed by atoms with Crippen LogP contribution in [0.5, 0.6) is 0 Å². The number of carbonyl (C=O) groups is 1. The highest BCUT2D eigenvalue weighted by atomic mass is 32.1.